The normalized spacial score (nSPS) is 16.9. The van der Waals surface area contributed by atoms with Crippen LogP contribution in [0.1, 0.15) is 19.4 Å². The maximum Gasteiger partial charge on any atom is 0.0370 e. The van der Waals surface area contributed by atoms with Crippen molar-refractivity contribution >= 4 is 11.4 Å². The van der Waals surface area contributed by atoms with E-state index in [4.69, 9.17) is 5.73 Å². The van der Waals surface area contributed by atoms with Gasteiger partial charge in [0.25, 0.3) is 0 Å². The van der Waals surface area contributed by atoms with Crippen molar-refractivity contribution in [3.05, 3.63) is 23.8 Å². The third-order valence-electron chi connectivity index (χ3n) is 3.47. The first kappa shape index (κ1) is 10.3. The molecule has 1 aromatic carbocycles. The van der Waals surface area contributed by atoms with E-state index in [1.165, 1.54) is 24.3 Å². The molecule has 2 nitrogen and oxygen atoms in total. The minimum atomic E-state index is 0.802. The summed E-state index contributed by atoms with van der Waals surface area (Å²) in [5.74, 6) is 1.67. The third-order valence-corrected chi connectivity index (χ3v) is 3.47. The largest absolute Gasteiger partial charge is 0.399 e. The molecule has 0 spiro atoms. The topological polar surface area (TPSA) is 29.3 Å². The number of nitrogen functional groups attached to an aromatic ring is 1. The molecule has 0 bridgehead atoms. The van der Waals surface area contributed by atoms with Gasteiger partial charge in [-0.05, 0) is 42.5 Å². The first-order valence-electron chi connectivity index (χ1n) is 5.69. The van der Waals surface area contributed by atoms with Crippen LogP contribution in [0.15, 0.2) is 18.2 Å². The summed E-state index contributed by atoms with van der Waals surface area (Å²) in [6.07, 6.45) is 0. The second kappa shape index (κ2) is 3.76. The van der Waals surface area contributed by atoms with E-state index in [2.05, 4.69) is 37.8 Å². The molecular weight excluding hydrogens is 184 g/mol. The average molecular weight is 204 g/mol. The predicted molar refractivity (Wildman–Crippen MR) is 66.1 cm³/mol. The predicted octanol–water partition coefficient (Wildman–Crippen LogP) is 2.67. The van der Waals surface area contributed by atoms with Gasteiger partial charge in [0.1, 0.15) is 0 Å². The molecule has 1 fully saturated rings. The van der Waals surface area contributed by atoms with E-state index < -0.39 is 0 Å². The van der Waals surface area contributed by atoms with Gasteiger partial charge in [0.15, 0.2) is 0 Å². The lowest BCUT2D eigenvalue weighted by atomic mass is 9.88. The van der Waals surface area contributed by atoms with Gasteiger partial charge in [-0.1, -0.05) is 13.8 Å². The summed E-state index contributed by atoms with van der Waals surface area (Å²) in [4.78, 5) is 2.43. The van der Waals surface area contributed by atoms with Crippen molar-refractivity contribution in [3.63, 3.8) is 0 Å². The number of hydrogen-bond acceptors (Lipinski definition) is 2. The molecule has 15 heavy (non-hydrogen) atoms. The average Bonchev–Trinajstić information content (AvgIpc) is 2.08. The molecule has 0 atom stereocenters. The number of aryl methyl sites for hydroxylation is 1. The van der Waals surface area contributed by atoms with Gasteiger partial charge < -0.3 is 10.6 Å². The van der Waals surface area contributed by atoms with Crippen LogP contribution in [0, 0.1) is 18.8 Å². The molecule has 1 aromatic rings. The van der Waals surface area contributed by atoms with Gasteiger partial charge in [-0.15, -0.1) is 0 Å². The summed E-state index contributed by atoms with van der Waals surface area (Å²) in [6, 6.07) is 6.32. The zero-order valence-corrected chi connectivity index (χ0v) is 9.83. The summed E-state index contributed by atoms with van der Waals surface area (Å²) < 4.78 is 0. The van der Waals surface area contributed by atoms with Gasteiger partial charge in [0, 0.05) is 24.5 Å². The highest BCUT2D eigenvalue weighted by molar-refractivity contribution is 5.59. The molecule has 0 radical (unpaired) electrons. The summed E-state index contributed by atoms with van der Waals surface area (Å²) in [6.45, 7) is 9.06. The lowest BCUT2D eigenvalue weighted by molar-refractivity contribution is 0.310. The van der Waals surface area contributed by atoms with Crippen molar-refractivity contribution in [2.24, 2.45) is 11.8 Å². The molecule has 0 aromatic heterocycles. The van der Waals surface area contributed by atoms with Gasteiger partial charge in [-0.2, -0.15) is 0 Å². The van der Waals surface area contributed by atoms with E-state index in [-0.39, 0.29) is 0 Å². The van der Waals surface area contributed by atoms with Gasteiger partial charge in [-0.3, -0.25) is 0 Å². The molecule has 1 heterocycles. The van der Waals surface area contributed by atoms with E-state index in [1.807, 2.05) is 6.07 Å². The Kier molecular flexibility index (Phi) is 2.59. The van der Waals surface area contributed by atoms with Crippen molar-refractivity contribution in [3.8, 4) is 0 Å². The number of nitrogens with zero attached hydrogens (tertiary/aromatic N) is 1. The zero-order chi connectivity index (χ0) is 11.0. The summed E-state index contributed by atoms with van der Waals surface area (Å²) in [5, 5.41) is 0. The fourth-order valence-electron chi connectivity index (χ4n) is 2.00. The Bertz CT molecular complexity index is 352. The van der Waals surface area contributed by atoms with Gasteiger partial charge in [0.05, 0.1) is 0 Å². The maximum absolute atomic E-state index is 5.81. The minimum Gasteiger partial charge on any atom is -0.399 e. The molecule has 2 N–H and O–H groups in total. The molecule has 1 aliphatic heterocycles. The molecule has 0 unspecified atom stereocenters. The third kappa shape index (κ3) is 1.94. The van der Waals surface area contributed by atoms with Crippen molar-refractivity contribution in [2.45, 2.75) is 20.8 Å². The van der Waals surface area contributed by atoms with Crippen molar-refractivity contribution in [2.75, 3.05) is 23.7 Å². The number of nitrogens with two attached hydrogens (primary N) is 1. The highest BCUT2D eigenvalue weighted by atomic mass is 15.2. The first-order valence-corrected chi connectivity index (χ1v) is 5.69. The van der Waals surface area contributed by atoms with Crippen LogP contribution in [0.5, 0.6) is 0 Å². The second-order valence-corrected chi connectivity index (χ2v) is 4.95. The molecule has 82 valence electrons. The molecule has 1 saturated heterocycles. The van der Waals surface area contributed by atoms with Gasteiger partial charge >= 0.3 is 0 Å². The molecule has 0 amide bonds. The lowest BCUT2D eigenvalue weighted by Crippen LogP contribution is -2.49. The van der Waals surface area contributed by atoms with Crippen LogP contribution in [-0.4, -0.2) is 13.1 Å². The van der Waals surface area contributed by atoms with Crippen molar-refractivity contribution in [1.29, 1.82) is 0 Å². The molecule has 2 rings (SSSR count). The maximum atomic E-state index is 5.81. The SMILES string of the molecule is Cc1cc(N2CC(C(C)C)C2)ccc1N. The Balaban J connectivity index is 2.04. The Labute approximate surface area is 92.1 Å². The number of rotatable bonds is 2. The van der Waals surface area contributed by atoms with Crippen LogP contribution in [0.25, 0.3) is 0 Å². The zero-order valence-electron chi connectivity index (χ0n) is 9.83. The van der Waals surface area contributed by atoms with Crippen molar-refractivity contribution < 1.29 is 0 Å². The standard InChI is InChI=1S/C13H20N2/c1-9(2)11-7-15(8-11)12-4-5-13(14)10(3)6-12/h4-6,9,11H,7-8,14H2,1-3H3. The Morgan fingerprint density at radius 1 is 1.33 bits per heavy atom. The smallest absolute Gasteiger partial charge is 0.0370 e. The second-order valence-electron chi connectivity index (χ2n) is 4.95. The quantitative estimate of drug-likeness (QED) is 0.750. The van der Waals surface area contributed by atoms with E-state index >= 15 is 0 Å². The van der Waals surface area contributed by atoms with Crippen LogP contribution in [0.4, 0.5) is 11.4 Å². The molecule has 2 heteroatoms. The minimum absolute atomic E-state index is 0.802. The van der Waals surface area contributed by atoms with Crippen LogP contribution in [0.3, 0.4) is 0 Å². The first-order chi connectivity index (χ1) is 7.08. The van der Waals surface area contributed by atoms with Crippen molar-refractivity contribution in [1.82, 2.24) is 0 Å². The summed E-state index contributed by atoms with van der Waals surface area (Å²) in [7, 11) is 0. The van der Waals surface area contributed by atoms with E-state index in [0.717, 1.165) is 17.5 Å². The summed E-state index contributed by atoms with van der Waals surface area (Å²) >= 11 is 0. The van der Waals surface area contributed by atoms with E-state index in [9.17, 15) is 0 Å². The number of anilines is 2. The van der Waals surface area contributed by atoms with E-state index in [1.54, 1.807) is 0 Å². The molecule has 0 saturated carbocycles. The number of benzene rings is 1. The van der Waals surface area contributed by atoms with Crippen LogP contribution in [0.2, 0.25) is 0 Å². The summed E-state index contributed by atoms with van der Waals surface area (Å²) in [5.41, 5.74) is 9.19. The van der Waals surface area contributed by atoms with E-state index in [0.29, 0.717) is 0 Å². The molecule has 1 aliphatic rings. The fraction of sp³-hybridized carbons (Fsp3) is 0.538. The van der Waals surface area contributed by atoms with Crippen LogP contribution < -0.4 is 10.6 Å². The lowest BCUT2D eigenvalue weighted by Gasteiger charge is -2.43. The molecular formula is C13H20N2. The van der Waals surface area contributed by atoms with Gasteiger partial charge in [0.2, 0.25) is 0 Å². The fourth-order valence-corrected chi connectivity index (χ4v) is 2.00. The monoisotopic (exact) mass is 204 g/mol. The Hall–Kier alpha value is -1.18. The highest BCUT2D eigenvalue weighted by Crippen LogP contribution is 2.30. The molecule has 0 aliphatic carbocycles. The number of hydrogen-bond donors (Lipinski definition) is 1. The Morgan fingerprint density at radius 3 is 2.53 bits per heavy atom. The highest BCUT2D eigenvalue weighted by Gasteiger charge is 2.29. The van der Waals surface area contributed by atoms with Crippen LogP contribution in [-0.2, 0) is 0 Å². The van der Waals surface area contributed by atoms with Gasteiger partial charge in [-0.25, -0.2) is 0 Å². The Morgan fingerprint density at radius 2 is 2.00 bits per heavy atom. The van der Waals surface area contributed by atoms with Crippen LogP contribution >= 0.6 is 0 Å².